The lowest BCUT2D eigenvalue weighted by Crippen LogP contribution is -2.10. The molecular weight excluding hydrogens is 426 g/mol. The molecule has 3 aromatic rings. The largest absolute Gasteiger partial charge is 0.490 e. The predicted octanol–water partition coefficient (Wildman–Crippen LogP) is 5.31. The van der Waals surface area contributed by atoms with Gasteiger partial charge in [0.15, 0.2) is 11.5 Å². The molecule has 4 N–H and O–H groups in total. The minimum absolute atomic E-state index is 0.169. The molecule has 1 heterocycles. The summed E-state index contributed by atoms with van der Waals surface area (Å²) in [6.07, 6.45) is 1.90. The monoisotopic (exact) mass is 457 g/mol. The Morgan fingerprint density at radius 1 is 0.941 bits per heavy atom. The van der Waals surface area contributed by atoms with E-state index >= 15 is 0 Å². The third kappa shape index (κ3) is 5.07. The average molecular weight is 458 g/mol. The Morgan fingerprint density at radius 2 is 1.62 bits per heavy atom. The molecule has 34 heavy (non-hydrogen) atoms. The van der Waals surface area contributed by atoms with Gasteiger partial charge in [-0.2, -0.15) is 0 Å². The van der Waals surface area contributed by atoms with E-state index in [4.69, 9.17) is 15.2 Å². The molecule has 0 radical (unpaired) electrons. The summed E-state index contributed by atoms with van der Waals surface area (Å²) in [5.41, 5.74) is 11.5. The Kier molecular flexibility index (Phi) is 7.50. The van der Waals surface area contributed by atoms with Crippen LogP contribution in [0.1, 0.15) is 37.0 Å². The van der Waals surface area contributed by atoms with Crippen molar-refractivity contribution in [3.8, 4) is 11.5 Å². The summed E-state index contributed by atoms with van der Waals surface area (Å²) < 4.78 is 11.6. The number of rotatable bonds is 10. The van der Waals surface area contributed by atoms with Crippen LogP contribution in [0, 0.1) is 0 Å². The maximum atomic E-state index is 13.2. The first-order valence-corrected chi connectivity index (χ1v) is 11.8. The number of nitrogens with two attached hydrogens (primary N) is 1. The number of hydrogen-bond acceptors (Lipinski definition) is 5. The highest BCUT2D eigenvalue weighted by Gasteiger charge is 2.30. The van der Waals surface area contributed by atoms with E-state index in [9.17, 15) is 4.79 Å². The summed E-state index contributed by atoms with van der Waals surface area (Å²) in [5.74, 6) is 1.07. The zero-order valence-electron chi connectivity index (χ0n) is 19.7. The Balaban J connectivity index is 1.80. The first-order valence-electron chi connectivity index (χ1n) is 11.8. The van der Waals surface area contributed by atoms with Crippen molar-refractivity contribution in [2.24, 2.45) is 5.73 Å². The SMILES string of the molecule is CCOc1cc2c(cc1OCC)C(=C(Nc1ccc(CCCN)cc1)c1ccccc1)C(=O)N2. The summed E-state index contributed by atoms with van der Waals surface area (Å²) in [7, 11) is 0. The molecule has 0 saturated carbocycles. The quantitative estimate of drug-likeness (QED) is 0.359. The van der Waals surface area contributed by atoms with Gasteiger partial charge in [0.1, 0.15) is 0 Å². The maximum absolute atomic E-state index is 13.2. The van der Waals surface area contributed by atoms with Crippen molar-refractivity contribution in [2.45, 2.75) is 26.7 Å². The Bertz CT molecular complexity index is 1170. The van der Waals surface area contributed by atoms with Gasteiger partial charge in [0.25, 0.3) is 5.91 Å². The predicted molar refractivity (Wildman–Crippen MR) is 138 cm³/mol. The third-order valence-corrected chi connectivity index (χ3v) is 5.63. The van der Waals surface area contributed by atoms with Gasteiger partial charge in [-0.05, 0) is 62.6 Å². The van der Waals surface area contributed by atoms with Crippen LogP contribution in [0.15, 0.2) is 66.7 Å². The summed E-state index contributed by atoms with van der Waals surface area (Å²) in [5, 5.41) is 6.50. The molecule has 0 aliphatic carbocycles. The zero-order chi connectivity index (χ0) is 23.9. The smallest absolute Gasteiger partial charge is 0.258 e. The normalized spacial score (nSPS) is 13.8. The van der Waals surface area contributed by atoms with Gasteiger partial charge in [-0.3, -0.25) is 4.79 Å². The number of anilines is 2. The Labute approximate surface area is 200 Å². The van der Waals surface area contributed by atoms with E-state index in [0.29, 0.717) is 42.5 Å². The number of benzene rings is 3. The van der Waals surface area contributed by atoms with Crippen molar-refractivity contribution in [3.05, 3.63) is 83.4 Å². The molecule has 0 fully saturated rings. The van der Waals surface area contributed by atoms with Gasteiger partial charge in [0.2, 0.25) is 0 Å². The lowest BCUT2D eigenvalue weighted by Gasteiger charge is -2.16. The van der Waals surface area contributed by atoms with Gasteiger partial charge in [-0.25, -0.2) is 0 Å². The highest BCUT2D eigenvalue weighted by Crippen LogP contribution is 2.43. The standard InChI is InChI=1S/C28H31N3O3/c1-3-33-24-17-22-23(18-25(24)34-4-2)31-28(32)26(22)27(20-10-6-5-7-11-20)30-21-14-12-19(13-15-21)9-8-16-29/h5-7,10-15,17-18,30H,3-4,8-9,16,29H2,1-2H3,(H,31,32). The van der Waals surface area contributed by atoms with Crippen LogP contribution >= 0.6 is 0 Å². The molecular formula is C28H31N3O3. The van der Waals surface area contributed by atoms with Gasteiger partial charge in [0.05, 0.1) is 30.2 Å². The zero-order valence-corrected chi connectivity index (χ0v) is 19.7. The average Bonchev–Trinajstić information content (AvgIpc) is 3.17. The number of aryl methyl sites for hydroxylation is 1. The fraction of sp³-hybridized carbons (Fsp3) is 0.250. The molecule has 0 bridgehead atoms. The summed E-state index contributed by atoms with van der Waals surface area (Å²) in [6.45, 7) is 5.53. The van der Waals surface area contributed by atoms with E-state index in [2.05, 4.69) is 22.8 Å². The second-order valence-electron chi connectivity index (χ2n) is 7.99. The number of nitrogens with one attached hydrogen (secondary N) is 2. The lowest BCUT2D eigenvalue weighted by atomic mass is 9.99. The van der Waals surface area contributed by atoms with Crippen molar-refractivity contribution in [2.75, 3.05) is 30.4 Å². The van der Waals surface area contributed by atoms with Crippen LogP contribution in [0.4, 0.5) is 11.4 Å². The van der Waals surface area contributed by atoms with Crippen molar-refractivity contribution in [1.29, 1.82) is 0 Å². The summed E-state index contributed by atoms with van der Waals surface area (Å²) in [4.78, 5) is 13.2. The molecule has 0 spiro atoms. The molecule has 0 aromatic heterocycles. The number of ether oxygens (including phenoxy) is 2. The minimum Gasteiger partial charge on any atom is -0.490 e. The summed E-state index contributed by atoms with van der Waals surface area (Å²) in [6, 6.07) is 21.9. The van der Waals surface area contributed by atoms with Gasteiger partial charge < -0.3 is 25.8 Å². The molecule has 0 saturated heterocycles. The molecule has 4 rings (SSSR count). The Morgan fingerprint density at radius 3 is 2.26 bits per heavy atom. The molecule has 1 aliphatic rings. The van der Waals surface area contributed by atoms with Crippen LogP contribution in [0.3, 0.4) is 0 Å². The molecule has 6 heteroatoms. The van der Waals surface area contributed by atoms with E-state index in [0.717, 1.165) is 35.4 Å². The molecule has 3 aromatic carbocycles. The minimum atomic E-state index is -0.169. The van der Waals surface area contributed by atoms with Crippen molar-refractivity contribution in [3.63, 3.8) is 0 Å². The van der Waals surface area contributed by atoms with Crippen LogP contribution in [-0.2, 0) is 11.2 Å². The second-order valence-corrected chi connectivity index (χ2v) is 7.99. The van der Waals surface area contributed by atoms with Gasteiger partial charge in [-0.1, -0.05) is 42.5 Å². The molecule has 6 nitrogen and oxygen atoms in total. The van der Waals surface area contributed by atoms with Crippen LogP contribution < -0.4 is 25.8 Å². The number of carbonyl (C=O) groups excluding carboxylic acids is 1. The van der Waals surface area contributed by atoms with Crippen molar-refractivity contribution in [1.82, 2.24) is 0 Å². The first kappa shape index (κ1) is 23.4. The first-order chi connectivity index (χ1) is 16.6. The second kappa shape index (κ2) is 10.9. The van der Waals surface area contributed by atoms with Gasteiger partial charge in [-0.15, -0.1) is 0 Å². The fourth-order valence-electron chi connectivity index (χ4n) is 4.05. The number of fused-ring (bicyclic) bond motifs is 1. The topological polar surface area (TPSA) is 85.6 Å². The highest BCUT2D eigenvalue weighted by atomic mass is 16.5. The van der Waals surface area contributed by atoms with Crippen LogP contribution in [-0.4, -0.2) is 25.7 Å². The molecule has 0 unspecified atom stereocenters. The van der Waals surface area contributed by atoms with Crippen molar-refractivity contribution < 1.29 is 14.3 Å². The molecule has 1 amide bonds. The van der Waals surface area contributed by atoms with E-state index in [-0.39, 0.29) is 5.91 Å². The fourth-order valence-corrected chi connectivity index (χ4v) is 4.05. The van der Waals surface area contributed by atoms with Crippen molar-refractivity contribution >= 4 is 28.6 Å². The maximum Gasteiger partial charge on any atom is 0.258 e. The van der Waals surface area contributed by atoms with E-state index < -0.39 is 0 Å². The highest BCUT2D eigenvalue weighted by molar-refractivity contribution is 6.37. The Hall–Kier alpha value is -3.77. The molecule has 0 atom stereocenters. The lowest BCUT2D eigenvalue weighted by molar-refractivity contribution is -0.110. The molecule has 1 aliphatic heterocycles. The van der Waals surface area contributed by atoms with E-state index in [1.54, 1.807) is 0 Å². The van der Waals surface area contributed by atoms with Crippen LogP contribution in [0.5, 0.6) is 11.5 Å². The number of amides is 1. The third-order valence-electron chi connectivity index (χ3n) is 5.63. The number of hydrogen-bond donors (Lipinski definition) is 3. The summed E-state index contributed by atoms with van der Waals surface area (Å²) >= 11 is 0. The van der Waals surface area contributed by atoms with Crippen LogP contribution in [0.2, 0.25) is 0 Å². The van der Waals surface area contributed by atoms with Crippen LogP contribution in [0.25, 0.3) is 11.3 Å². The van der Waals surface area contributed by atoms with E-state index in [1.165, 1.54) is 5.56 Å². The van der Waals surface area contributed by atoms with Gasteiger partial charge >= 0.3 is 0 Å². The number of carbonyl (C=O) groups is 1. The van der Waals surface area contributed by atoms with E-state index in [1.807, 2.05) is 68.4 Å². The molecule has 176 valence electrons. The van der Waals surface area contributed by atoms with Gasteiger partial charge in [0, 0.05) is 17.3 Å².